The van der Waals surface area contributed by atoms with Crippen molar-refractivity contribution in [2.24, 2.45) is 11.1 Å². The first-order chi connectivity index (χ1) is 11.1. The standard InChI is InChI=1S/C17H20N4O2/c1-12(2)15-10-16(23-20-15)17(22)18-11-13-5-3-6-14(9-13)21-8-4-7-19-21/h3-9,12,16H,10-11H2,1-2H3,(H,18,22). The summed E-state index contributed by atoms with van der Waals surface area (Å²) >= 11 is 0. The lowest BCUT2D eigenvalue weighted by Gasteiger charge is -2.11. The number of hydrogen-bond acceptors (Lipinski definition) is 4. The fourth-order valence-electron chi connectivity index (χ4n) is 2.41. The Bertz CT molecular complexity index is 707. The molecule has 23 heavy (non-hydrogen) atoms. The third-order valence-electron chi connectivity index (χ3n) is 3.80. The van der Waals surface area contributed by atoms with Gasteiger partial charge in [0.15, 0.2) is 0 Å². The van der Waals surface area contributed by atoms with E-state index in [4.69, 9.17) is 4.84 Å². The number of hydrogen-bond donors (Lipinski definition) is 1. The van der Waals surface area contributed by atoms with Gasteiger partial charge in [0.2, 0.25) is 6.10 Å². The molecule has 3 rings (SSSR count). The van der Waals surface area contributed by atoms with Gasteiger partial charge in [0, 0.05) is 25.4 Å². The monoisotopic (exact) mass is 312 g/mol. The summed E-state index contributed by atoms with van der Waals surface area (Å²) in [6.07, 6.45) is 3.67. The molecule has 1 amide bonds. The molecular formula is C17H20N4O2. The van der Waals surface area contributed by atoms with Gasteiger partial charge in [0.25, 0.3) is 5.91 Å². The lowest BCUT2D eigenvalue weighted by atomic mass is 10.0. The Hall–Kier alpha value is -2.63. The molecule has 0 bridgehead atoms. The second-order valence-electron chi connectivity index (χ2n) is 5.87. The van der Waals surface area contributed by atoms with E-state index in [2.05, 4.69) is 15.6 Å². The van der Waals surface area contributed by atoms with Crippen LogP contribution in [-0.2, 0) is 16.2 Å². The maximum absolute atomic E-state index is 12.2. The van der Waals surface area contributed by atoms with E-state index in [0.717, 1.165) is 17.0 Å². The number of rotatable bonds is 5. The van der Waals surface area contributed by atoms with Crippen LogP contribution in [0.15, 0.2) is 47.9 Å². The second-order valence-corrected chi connectivity index (χ2v) is 5.87. The Kier molecular flexibility index (Phi) is 4.41. The summed E-state index contributed by atoms with van der Waals surface area (Å²) < 4.78 is 1.79. The minimum atomic E-state index is -0.512. The molecule has 6 nitrogen and oxygen atoms in total. The second kappa shape index (κ2) is 6.64. The normalized spacial score (nSPS) is 17.0. The predicted octanol–water partition coefficient (Wildman–Crippen LogP) is 2.29. The van der Waals surface area contributed by atoms with Gasteiger partial charge in [-0.1, -0.05) is 31.1 Å². The van der Waals surface area contributed by atoms with Gasteiger partial charge in [-0.3, -0.25) is 4.79 Å². The Labute approximate surface area is 135 Å². The van der Waals surface area contributed by atoms with Gasteiger partial charge in [0.05, 0.1) is 11.4 Å². The Balaban J connectivity index is 1.57. The van der Waals surface area contributed by atoms with E-state index in [0.29, 0.717) is 18.9 Å². The fourth-order valence-corrected chi connectivity index (χ4v) is 2.41. The summed E-state index contributed by atoms with van der Waals surface area (Å²) in [6.45, 7) is 4.54. The molecule has 2 aromatic rings. The van der Waals surface area contributed by atoms with E-state index in [9.17, 15) is 4.79 Å². The zero-order valence-corrected chi connectivity index (χ0v) is 13.3. The number of nitrogens with zero attached hydrogens (tertiary/aromatic N) is 3. The van der Waals surface area contributed by atoms with E-state index in [-0.39, 0.29) is 5.91 Å². The number of benzene rings is 1. The van der Waals surface area contributed by atoms with E-state index in [1.54, 1.807) is 10.9 Å². The van der Waals surface area contributed by atoms with Crippen LogP contribution in [0.25, 0.3) is 5.69 Å². The van der Waals surface area contributed by atoms with Crippen LogP contribution in [0.4, 0.5) is 0 Å². The average Bonchev–Trinajstić information content (AvgIpc) is 3.24. The van der Waals surface area contributed by atoms with E-state index >= 15 is 0 Å². The van der Waals surface area contributed by atoms with Crippen molar-refractivity contribution in [1.29, 1.82) is 0 Å². The van der Waals surface area contributed by atoms with Crippen molar-refractivity contribution < 1.29 is 9.63 Å². The van der Waals surface area contributed by atoms with Crippen LogP contribution in [0.1, 0.15) is 25.8 Å². The van der Waals surface area contributed by atoms with E-state index < -0.39 is 6.10 Å². The highest BCUT2D eigenvalue weighted by atomic mass is 16.6. The van der Waals surface area contributed by atoms with Crippen molar-refractivity contribution in [3.05, 3.63) is 48.3 Å². The van der Waals surface area contributed by atoms with Crippen molar-refractivity contribution in [3.63, 3.8) is 0 Å². The summed E-state index contributed by atoms with van der Waals surface area (Å²) in [7, 11) is 0. The van der Waals surface area contributed by atoms with Gasteiger partial charge >= 0.3 is 0 Å². The summed E-state index contributed by atoms with van der Waals surface area (Å²) in [5, 5.41) is 11.1. The zero-order chi connectivity index (χ0) is 16.2. The van der Waals surface area contributed by atoms with Crippen LogP contribution < -0.4 is 5.32 Å². The highest BCUT2D eigenvalue weighted by Crippen LogP contribution is 2.16. The number of aromatic nitrogens is 2. The number of carbonyl (C=O) groups excluding carboxylic acids is 1. The van der Waals surface area contributed by atoms with Gasteiger partial charge in [-0.05, 0) is 29.7 Å². The highest BCUT2D eigenvalue weighted by Gasteiger charge is 2.28. The molecule has 120 valence electrons. The molecule has 0 saturated heterocycles. The van der Waals surface area contributed by atoms with Crippen LogP contribution in [0, 0.1) is 5.92 Å². The smallest absolute Gasteiger partial charge is 0.264 e. The molecule has 0 fully saturated rings. The molecule has 0 aliphatic carbocycles. The minimum absolute atomic E-state index is 0.131. The number of oxime groups is 1. The van der Waals surface area contributed by atoms with Crippen molar-refractivity contribution in [2.45, 2.75) is 32.9 Å². The predicted molar refractivity (Wildman–Crippen MR) is 87.2 cm³/mol. The van der Waals surface area contributed by atoms with Crippen LogP contribution in [0.5, 0.6) is 0 Å². The van der Waals surface area contributed by atoms with Gasteiger partial charge < -0.3 is 10.2 Å². The molecule has 6 heteroatoms. The molecule has 2 heterocycles. The molecule has 0 radical (unpaired) electrons. The largest absolute Gasteiger partial charge is 0.382 e. The molecule has 1 unspecified atom stereocenters. The van der Waals surface area contributed by atoms with Gasteiger partial charge in [-0.2, -0.15) is 5.10 Å². The molecule has 0 spiro atoms. The number of carbonyl (C=O) groups is 1. The fraction of sp³-hybridized carbons (Fsp3) is 0.353. The van der Waals surface area contributed by atoms with Crippen molar-refractivity contribution >= 4 is 11.6 Å². The van der Waals surface area contributed by atoms with Gasteiger partial charge in [-0.15, -0.1) is 0 Å². The topological polar surface area (TPSA) is 68.5 Å². The van der Waals surface area contributed by atoms with Crippen LogP contribution in [-0.4, -0.2) is 27.5 Å². The zero-order valence-electron chi connectivity index (χ0n) is 13.3. The maximum atomic E-state index is 12.2. The SMILES string of the molecule is CC(C)C1=NOC(C(=O)NCc2cccc(-n3cccn3)c2)C1. The first kappa shape index (κ1) is 15.3. The third-order valence-corrected chi connectivity index (χ3v) is 3.80. The lowest BCUT2D eigenvalue weighted by molar-refractivity contribution is -0.131. The molecule has 1 aromatic heterocycles. The van der Waals surface area contributed by atoms with Crippen LogP contribution >= 0.6 is 0 Å². The Morgan fingerprint density at radius 1 is 1.43 bits per heavy atom. The van der Waals surface area contributed by atoms with Crippen molar-refractivity contribution in [3.8, 4) is 5.69 Å². The Morgan fingerprint density at radius 3 is 3.00 bits per heavy atom. The summed E-state index contributed by atoms with van der Waals surface area (Å²) in [6, 6.07) is 9.77. The van der Waals surface area contributed by atoms with E-state index in [1.807, 2.05) is 50.4 Å². The van der Waals surface area contributed by atoms with Gasteiger partial charge in [0.1, 0.15) is 0 Å². The molecule has 1 atom stereocenters. The van der Waals surface area contributed by atoms with Crippen molar-refractivity contribution in [2.75, 3.05) is 0 Å². The lowest BCUT2D eigenvalue weighted by Crippen LogP contribution is -2.34. The quantitative estimate of drug-likeness (QED) is 0.921. The summed E-state index contributed by atoms with van der Waals surface area (Å²) in [4.78, 5) is 17.4. The van der Waals surface area contributed by atoms with Gasteiger partial charge in [-0.25, -0.2) is 4.68 Å². The maximum Gasteiger partial charge on any atom is 0.264 e. The number of amides is 1. The molecule has 0 saturated carbocycles. The Morgan fingerprint density at radius 2 is 2.30 bits per heavy atom. The molecule has 1 aliphatic rings. The first-order valence-electron chi connectivity index (χ1n) is 7.73. The first-order valence-corrected chi connectivity index (χ1v) is 7.73. The van der Waals surface area contributed by atoms with Crippen LogP contribution in [0.2, 0.25) is 0 Å². The molecular weight excluding hydrogens is 292 g/mol. The summed E-state index contributed by atoms with van der Waals surface area (Å²) in [5.41, 5.74) is 2.91. The highest BCUT2D eigenvalue weighted by molar-refractivity contribution is 5.93. The third kappa shape index (κ3) is 3.59. The average molecular weight is 312 g/mol. The number of nitrogens with one attached hydrogen (secondary N) is 1. The van der Waals surface area contributed by atoms with Crippen molar-refractivity contribution in [1.82, 2.24) is 15.1 Å². The molecule has 1 N–H and O–H groups in total. The molecule has 1 aromatic carbocycles. The minimum Gasteiger partial charge on any atom is -0.382 e. The van der Waals surface area contributed by atoms with E-state index in [1.165, 1.54) is 0 Å². The molecule has 1 aliphatic heterocycles. The van der Waals surface area contributed by atoms with Crippen LogP contribution in [0.3, 0.4) is 0 Å². The summed E-state index contributed by atoms with van der Waals surface area (Å²) in [5.74, 6) is 0.174.